The topological polar surface area (TPSA) is 39.2 Å². The number of hydrogen-bond acceptors (Lipinski definition) is 3. The first-order valence-electron chi connectivity index (χ1n) is 3.35. The number of pyridine rings is 1. The summed E-state index contributed by atoms with van der Waals surface area (Å²) in [5, 5.41) is 0.431. The van der Waals surface area contributed by atoms with Crippen LogP contribution in [0.1, 0.15) is 17.3 Å². The molecule has 1 aromatic rings. The van der Waals surface area contributed by atoms with Gasteiger partial charge in [0.25, 0.3) is 0 Å². The zero-order valence-electron chi connectivity index (χ0n) is 6.80. The van der Waals surface area contributed by atoms with Crippen molar-refractivity contribution in [3.05, 3.63) is 22.8 Å². The van der Waals surface area contributed by atoms with Crippen LogP contribution < -0.4 is 4.74 Å². The quantitative estimate of drug-likeness (QED) is 0.661. The molecule has 64 valence electrons. The Bertz CT molecular complexity index is 312. The molecule has 0 N–H and O–H groups in total. The maximum atomic E-state index is 11.0. The Morgan fingerprint density at radius 1 is 1.67 bits per heavy atom. The zero-order chi connectivity index (χ0) is 9.14. The number of aromatic nitrogens is 1. The first kappa shape index (κ1) is 9.00. The van der Waals surface area contributed by atoms with Gasteiger partial charge in [-0.3, -0.25) is 4.79 Å². The minimum atomic E-state index is -0.109. The Morgan fingerprint density at radius 2 is 2.33 bits per heavy atom. The second-order valence-electron chi connectivity index (χ2n) is 2.27. The van der Waals surface area contributed by atoms with Gasteiger partial charge >= 0.3 is 0 Å². The monoisotopic (exact) mass is 185 g/mol. The van der Waals surface area contributed by atoms with E-state index >= 15 is 0 Å². The van der Waals surface area contributed by atoms with Crippen LogP contribution in [0.2, 0.25) is 5.02 Å². The molecule has 0 saturated carbocycles. The molecule has 0 bridgehead atoms. The highest BCUT2D eigenvalue weighted by Crippen LogP contribution is 2.19. The van der Waals surface area contributed by atoms with Crippen molar-refractivity contribution in [1.29, 1.82) is 0 Å². The molecule has 0 unspecified atom stereocenters. The largest absolute Gasteiger partial charge is 0.480 e. The fourth-order valence-electron chi connectivity index (χ4n) is 0.842. The number of hydrogen-bond donors (Lipinski definition) is 0. The standard InChI is InChI=1S/C8H8ClNO2/c1-5(11)7-3-6(9)4-10-8(7)12-2/h3-4H,1-2H3. The van der Waals surface area contributed by atoms with Gasteiger partial charge in [0.2, 0.25) is 5.88 Å². The Hall–Kier alpha value is -1.09. The molecule has 0 aliphatic carbocycles. The lowest BCUT2D eigenvalue weighted by molar-refractivity contribution is 0.101. The van der Waals surface area contributed by atoms with E-state index in [1.807, 2.05) is 0 Å². The van der Waals surface area contributed by atoms with E-state index in [0.717, 1.165) is 0 Å². The van der Waals surface area contributed by atoms with Crippen LogP contribution in [0.25, 0.3) is 0 Å². The molecule has 12 heavy (non-hydrogen) atoms. The molecular weight excluding hydrogens is 178 g/mol. The van der Waals surface area contributed by atoms with Gasteiger partial charge in [-0.2, -0.15) is 0 Å². The second-order valence-corrected chi connectivity index (χ2v) is 2.70. The van der Waals surface area contributed by atoms with E-state index < -0.39 is 0 Å². The third kappa shape index (κ3) is 1.74. The van der Waals surface area contributed by atoms with Crippen molar-refractivity contribution in [1.82, 2.24) is 4.98 Å². The number of methoxy groups -OCH3 is 1. The second kappa shape index (κ2) is 3.54. The first-order chi connectivity index (χ1) is 5.65. The fourth-order valence-corrected chi connectivity index (χ4v) is 1.000. The summed E-state index contributed by atoms with van der Waals surface area (Å²) in [6.07, 6.45) is 1.44. The molecule has 0 atom stereocenters. The minimum absolute atomic E-state index is 0.109. The highest BCUT2D eigenvalue weighted by Gasteiger charge is 2.08. The predicted molar refractivity (Wildman–Crippen MR) is 45.8 cm³/mol. The van der Waals surface area contributed by atoms with Gasteiger partial charge in [-0.15, -0.1) is 0 Å². The molecule has 1 aromatic heterocycles. The number of carbonyl (C=O) groups excluding carboxylic acids is 1. The average molecular weight is 186 g/mol. The summed E-state index contributed by atoms with van der Waals surface area (Å²) < 4.78 is 4.87. The van der Waals surface area contributed by atoms with Crippen LogP contribution in [-0.4, -0.2) is 17.9 Å². The molecule has 4 heteroatoms. The summed E-state index contributed by atoms with van der Waals surface area (Å²) in [5.74, 6) is 0.203. The molecule has 0 fully saturated rings. The van der Waals surface area contributed by atoms with Gasteiger partial charge < -0.3 is 4.74 Å². The van der Waals surface area contributed by atoms with E-state index in [1.165, 1.54) is 26.3 Å². The minimum Gasteiger partial charge on any atom is -0.480 e. The summed E-state index contributed by atoms with van der Waals surface area (Å²) in [6, 6.07) is 1.54. The summed E-state index contributed by atoms with van der Waals surface area (Å²) in [7, 11) is 1.46. The van der Waals surface area contributed by atoms with Crippen molar-refractivity contribution in [2.24, 2.45) is 0 Å². The predicted octanol–water partition coefficient (Wildman–Crippen LogP) is 1.95. The van der Waals surface area contributed by atoms with E-state index in [0.29, 0.717) is 16.5 Å². The molecule has 0 spiro atoms. The van der Waals surface area contributed by atoms with Crippen molar-refractivity contribution in [3.63, 3.8) is 0 Å². The van der Waals surface area contributed by atoms with Crippen molar-refractivity contribution in [3.8, 4) is 5.88 Å². The van der Waals surface area contributed by atoms with E-state index in [1.54, 1.807) is 0 Å². The highest BCUT2D eigenvalue weighted by atomic mass is 35.5. The number of ketones is 1. The number of rotatable bonds is 2. The Morgan fingerprint density at radius 3 is 2.83 bits per heavy atom. The number of Topliss-reactive ketones (excluding diaryl/α,β-unsaturated/α-hetero) is 1. The summed E-state index contributed by atoms with van der Waals surface area (Å²) in [6.45, 7) is 1.44. The molecule has 1 heterocycles. The normalized spacial score (nSPS) is 9.58. The van der Waals surface area contributed by atoms with Gasteiger partial charge in [0.15, 0.2) is 5.78 Å². The molecule has 0 saturated heterocycles. The lowest BCUT2D eigenvalue weighted by atomic mass is 10.2. The van der Waals surface area contributed by atoms with Crippen LogP contribution in [0.15, 0.2) is 12.3 Å². The van der Waals surface area contributed by atoms with E-state index in [9.17, 15) is 4.79 Å². The first-order valence-corrected chi connectivity index (χ1v) is 3.73. The summed E-state index contributed by atoms with van der Waals surface area (Å²) in [5.41, 5.74) is 0.407. The van der Waals surface area contributed by atoms with E-state index in [4.69, 9.17) is 16.3 Å². The van der Waals surface area contributed by atoms with Crippen LogP contribution in [0.3, 0.4) is 0 Å². The third-order valence-electron chi connectivity index (χ3n) is 1.39. The SMILES string of the molecule is COc1ncc(Cl)cc1C(C)=O. The smallest absolute Gasteiger partial charge is 0.224 e. The van der Waals surface area contributed by atoms with Gasteiger partial charge in [-0.05, 0) is 13.0 Å². The van der Waals surface area contributed by atoms with Gasteiger partial charge in [0.1, 0.15) is 0 Å². The van der Waals surface area contributed by atoms with Crippen LogP contribution in [0.5, 0.6) is 5.88 Å². The number of carbonyl (C=O) groups is 1. The Labute approximate surface area is 75.3 Å². The maximum Gasteiger partial charge on any atom is 0.224 e. The summed E-state index contributed by atoms with van der Waals surface area (Å²) in [4.78, 5) is 14.8. The van der Waals surface area contributed by atoms with Gasteiger partial charge in [-0.25, -0.2) is 4.98 Å². The third-order valence-corrected chi connectivity index (χ3v) is 1.60. The lowest BCUT2D eigenvalue weighted by Crippen LogP contribution is -1.99. The van der Waals surface area contributed by atoms with E-state index in [-0.39, 0.29) is 5.78 Å². The number of ether oxygens (including phenoxy) is 1. The Balaban J connectivity index is 3.21. The average Bonchev–Trinajstić information content (AvgIpc) is 2.04. The van der Waals surface area contributed by atoms with Crippen LogP contribution in [-0.2, 0) is 0 Å². The van der Waals surface area contributed by atoms with Gasteiger partial charge in [0.05, 0.1) is 17.7 Å². The Kier molecular flexibility index (Phi) is 2.65. The maximum absolute atomic E-state index is 11.0. The molecule has 0 amide bonds. The highest BCUT2D eigenvalue weighted by molar-refractivity contribution is 6.30. The fraction of sp³-hybridized carbons (Fsp3) is 0.250. The van der Waals surface area contributed by atoms with Crippen molar-refractivity contribution in [2.75, 3.05) is 7.11 Å². The van der Waals surface area contributed by atoms with E-state index in [2.05, 4.69) is 4.98 Å². The molecule has 1 rings (SSSR count). The van der Waals surface area contributed by atoms with Crippen molar-refractivity contribution < 1.29 is 9.53 Å². The number of halogens is 1. The van der Waals surface area contributed by atoms with Gasteiger partial charge in [-0.1, -0.05) is 11.6 Å². The molecule has 0 aromatic carbocycles. The molecular formula is C8H8ClNO2. The molecule has 3 nitrogen and oxygen atoms in total. The lowest BCUT2D eigenvalue weighted by Gasteiger charge is -2.03. The number of nitrogens with zero attached hydrogens (tertiary/aromatic N) is 1. The molecule has 0 radical (unpaired) electrons. The van der Waals surface area contributed by atoms with Gasteiger partial charge in [0, 0.05) is 6.20 Å². The summed E-state index contributed by atoms with van der Waals surface area (Å²) >= 11 is 5.65. The zero-order valence-corrected chi connectivity index (χ0v) is 7.55. The molecule has 0 aliphatic rings. The van der Waals surface area contributed by atoms with Crippen LogP contribution in [0.4, 0.5) is 0 Å². The van der Waals surface area contributed by atoms with Crippen molar-refractivity contribution >= 4 is 17.4 Å². The van der Waals surface area contributed by atoms with Crippen molar-refractivity contribution in [2.45, 2.75) is 6.92 Å². The van der Waals surface area contributed by atoms with Crippen LogP contribution in [0, 0.1) is 0 Å². The van der Waals surface area contributed by atoms with Crippen LogP contribution >= 0.6 is 11.6 Å². The molecule has 0 aliphatic heterocycles.